The van der Waals surface area contributed by atoms with E-state index in [1.807, 2.05) is 18.2 Å². The summed E-state index contributed by atoms with van der Waals surface area (Å²) in [5.41, 5.74) is 2.17. The van der Waals surface area contributed by atoms with Crippen molar-refractivity contribution in [2.45, 2.75) is 32.1 Å². The number of hydrogen-bond donors (Lipinski definition) is 1. The maximum Gasteiger partial charge on any atom is 0.227 e. The second kappa shape index (κ2) is 5.11. The van der Waals surface area contributed by atoms with Gasteiger partial charge in [-0.15, -0.1) is 0 Å². The minimum atomic E-state index is -0.114. The molecule has 0 saturated carbocycles. The van der Waals surface area contributed by atoms with Crippen LogP contribution in [0.3, 0.4) is 0 Å². The van der Waals surface area contributed by atoms with Gasteiger partial charge in [0.15, 0.2) is 5.78 Å². The molecule has 1 aromatic carbocycles. The molecule has 1 aliphatic rings. The summed E-state index contributed by atoms with van der Waals surface area (Å²) in [5, 5.41) is 3.78. The zero-order valence-corrected chi connectivity index (χ0v) is 12.7. The Morgan fingerprint density at radius 3 is 2.90 bits per heavy atom. The van der Waals surface area contributed by atoms with Crippen molar-refractivity contribution < 1.29 is 4.79 Å². The van der Waals surface area contributed by atoms with Crippen molar-refractivity contribution in [3.8, 4) is 0 Å². The van der Waals surface area contributed by atoms with Crippen LogP contribution >= 0.6 is 11.6 Å². The molecule has 0 unspecified atom stereocenters. The molecule has 3 rings (SSSR count). The second-order valence-corrected chi connectivity index (χ2v) is 6.33. The third-order valence-electron chi connectivity index (χ3n) is 3.79. The van der Waals surface area contributed by atoms with Gasteiger partial charge >= 0.3 is 0 Å². The fraction of sp³-hybridized carbons (Fsp3) is 0.312. The number of anilines is 2. The van der Waals surface area contributed by atoms with Crippen molar-refractivity contribution in [2.24, 2.45) is 0 Å². The molecule has 0 atom stereocenters. The number of aromatic nitrogens is 2. The summed E-state index contributed by atoms with van der Waals surface area (Å²) in [7, 11) is 0. The van der Waals surface area contributed by atoms with Crippen LogP contribution in [0.2, 0.25) is 5.02 Å². The Bertz CT molecular complexity index is 712. The van der Waals surface area contributed by atoms with Crippen LogP contribution < -0.4 is 5.32 Å². The summed E-state index contributed by atoms with van der Waals surface area (Å²) in [4.78, 5) is 20.8. The van der Waals surface area contributed by atoms with E-state index in [-0.39, 0.29) is 11.2 Å². The second-order valence-electron chi connectivity index (χ2n) is 5.90. The first-order chi connectivity index (χ1) is 9.95. The van der Waals surface area contributed by atoms with Crippen molar-refractivity contribution in [1.82, 2.24) is 9.97 Å². The van der Waals surface area contributed by atoms with Crippen LogP contribution in [0.5, 0.6) is 0 Å². The summed E-state index contributed by atoms with van der Waals surface area (Å²) in [6.45, 7) is 4.21. The fourth-order valence-corrected chi connectivity index (χ4v) is 2.73. The predicted octanol–water partition coefficient (Wildman–Crippen LogP) is 4.13. The van der Waals surface area contributed by atoms with E-state index in [2.05, 4.69) is 29.1 Å². The number of nitrogens with zero attached hydrogens (tertiary/aromatic N) is 2. The lowest BCUT2D eigenvalue weighted by atomic mass is 9.76. The molecule has 0 radical (unpaired) electrons. The standard InChI is InChI=1S/C16H16ClN3O/c1-16(2)7-6-13(21)12-9-18-15(20-14(12)16)19-11-5-3-4-10(17)8-11/h3-5,8-9H,6-7H2,1-2H3,(H,18,19,20). The van der Waals surface area contributed by atoms with Gasteiger partial charge in [0.05, 0.1) is 11.3 Å². The Hall–Kier alpha value is -1.94. The van der Waals surface area contributed by atoms with E-state index in [0.29, 0.717) is 23.0 Å². The molecule has 0 saturated heterocycles. The number of fused-ring (bicyclic) bond motifs is 1. The number of benzene rings is 1. The molecule has 4 nitrogen and oxygen atoms in total. The van der Waals surface area contributed by atoms with Gasteiger partial charge in [0.25, 0.3) is 0 Å². The smallest absolute Gasteiger partial charge is 0.227 e. The molecule has 2 aromatic rings. The third-order valence-corrected chi connectivity index (χ3v) is 4.02. The monoisotopic (exact) mass is 301 g/mol. The fourth-order valence-electron chi connectivity index (χ4n) is 2.54. The lowest BCUT2D eigenvalue weighted by molar-refractivity contribution is 0.0954. The van der Waals surface area contributed by atoms with Crippen molar-refractivity contribution in [3.63, 3.8) is 0 Å². The number of carbonyl (C=O) groups is 1. The highest BCUT2D eigenvalue weighted by Gasteiger charge is 2.33. The first kappa shape index (κ1) is 14.0. The van der Waals surface area contributed by atoms with E-state index in [4.69, 9.17) is 11.6 Å². The zero-order valence-electron chi connectivity index (χ0n) is 12.0. The maximum absolute atomic E-state index is 12.0. The number of Topliss-reactive ketones (excluding diaryl/α,β-unsaturated/α-hetero) is 1. The summed E-state index contributed by atoms with van der Waals surface area (Å²) >= 11 is 5.97. The van der Waals surface area contributed by atoms with Crippen molar-refractivity contribution in [1.29, 1.82) is 0 Å². The summed E-state index contributed by atoms with van der Waals surface area (Å²) < 4.78 is 0. The Morgan fingerprint density at radius 2 is 2.14 bits per heavy atom. The Balaban J connectivity index is 1.97. The van der Waals surface area contributed by atoms with Gasteiger partial charge in [-0.25, -0.2) is 9.97 Å². The summed E-state index contributed by atoms with van der Waals surface area (Å²) in [6, 6.07) is 7.37. The highest BCUT2D eigenvalue weighted by atomic mass is 35.5. The van der Waals surface area contributed by atoms with Gasteiger partial charge in [-0.1, -0.05) is 31.5 Å². The normalized spacial score (nSPS) is 16.4. The molecular weight excluding hydrogens is 286 g/mol. The maximum atomic E-state index is 12.0. The molecule has 0 amide bonds. The highest BCUT2D eigenvalue weighted by Crippen LogP contribution is 2.35. The molecular formula is C16H16ClN3O. The topological polar surface area (TPSA) is 54.9 Å². The van der Waals surface area contributed by atoms with Crippen molar-refractivity contribution in [3.05, 3.63) is 46.7 Å². The van der Waals surface area contributed by atoms with Crippen LogP contribution in [0.15, 0.2) is 30.5 Å². The van der Waals surface area contributed by atoms with Crippen molar-refractivity contribution in [2.75, 3.05) is 5.32 Å². The van der Waals surface area contributed by atoms with E-state index in [0.717, 1.165) is 17.8 Å². The van der Waals surface area contributed by atoms with Gasteiger partial charge < -0.3 is 5.32 Å². The Kier molecular flexibility index (Phi) is 3.41. The average Bonchev–Trinajstić information content (AvgIpc) is 2.44. The molecule has 1 N–H and O–H groups in total. The molecule has 1 aromatic heterocycles. The van der Waals surface area contributed by atoms with Gasteiger partial charge in [0.2, 0.25) is 5.95 Å². The van der Waals surface area contributed by atoms with Crippen LogP contribution in [0.4, 0.5) is 11.6 Å². The van der Waals surface area contributed by atoms with E-state index in [1.54, 1.807) is 12.3 Å². The minimum Gasteiger partial charge on any atom is -0.324 e. The number of halogens is 1. The van der Waals surface area contributed by atoms with E-state index >= 15 is 0 Å². The summed E-state index contributed by atoms with van der Waals surface area (Å²) in [5.74, 6) is 0.609. The lowest BCUT2D eigenvalue weighted by Gasteiger charge is -2.30. The lowest BCUT2D eigenvalue weighted by Crippen LogP contribution is -2.29. The first-order valence-electron chi connectivity index (χ1n) is 6.89. The van der Waals surface area contributed by atoms with Gasteiger partial charge in [-0.05, 0) is 24.6 Å². The molecule has 21 heavy (non-hydrogen) atoms. The number of nitrogens with one attached hydrogen (secondary N) is 1. The molecule has 108 valence electrons. The van der Waals surface area contributed by atoms with E-state index in [9.17, 15) is 4.79 Å². The molecule has 5 heteroatoms. The number of carbonyl (C=O) groups excluding carboxylic acids is 1. The average molecular weight is 302 g/mol. The van der Waals surface area contributed by atoms with Gasteiger partial charge in [-0.3, -0.25) is 4.79 Å². The minimum absolute atomic E-state index is 0.114. The van der Waals surface area contributed by atoms with Crippen LogP contribution in [-0.2, 0) is 5.41 Å². The van der Waals surface area contributed by atoms with Crippen LogP contribution in [0, 0.1) is 0 Å². The Labute approximate surface area is 128 Å². The van der Waals surface area contributed by atoms with Gasteiger partial charge in [0, 0.05) is 28.7 Å². The first-order valence-corrected chi connectivity index (χ1v) is 7.27. The molecule has 1 aliphatic carbocycles. The van der Waals surface area contributed by atoms with E-state index in [1.165, 1.54) is 0 Å². The largest absolute Gasteiger partial charge is 0.324 e. The van der Waals surface area contributed by atoms with Crippen LogP contribution in [0.25, 0.3) is 0 Å². The van der Waals surface area contributed by atoms with Crippen LogP contribution in [-0.4, -0.2) is 15.8 Å². The summed E-state index contributed by atoms with van der Waals surface area (Å²) in [6.07, 6.45) is 3.00. The van der Waals surface area contributed by atoms with Gasteiger partial charge in [-0.2, -0.15) is 0 Å². The highest BCUT2D eigenvalue weighted by molar-refractivity contribution is 6.30. The van der Waals surface area contributed by atoms with Crippen molar-refractivity contribution >= 4 is 29.0 Å². The molecule has 0 bridgehead atoms. The zero-order chi connectivity index (χ0) is 15.0. The number of ketones is 1. The molecule has 0 fully saturated rings. The van der Waals surface area contributed by atoms with Crippen LogP contribution in [0.1, 0.15) is 42.7 Å². The third kappa shape index (κ3) is 2.76. The SMILES string of the molecule is CC1(C)CCC(=O)c2cnc(Nc3cccc(Cl)c3)nc21. The molecule has 1 heterocycles. The molecule has 0 spiro atoms. The molecule has 0 aliphatic heterocycles. The van der Waals surface area contributed by atoms with Gasteiger partial charge in [0.1, 0.15) is 0 Å². The number of hydrogen-bond acceptors (Lipinski definition) is 4. The quantitative estimate of drug-likeness (QED) is 0.906. The number of rotatable bonds is 2. The predicted molar refractivity (Wildman–Crippen MR) is 83.4 cm³/mol. The Morgan fingerprint density at radius 1 is 1.33 bits per heavy atom. The van der Waals surface area contributed by atoms with E-state index < -0.39 is 0 Å².